The van der Waals surface area contributed by atoms with Gasteiger partial charge in [0.2, 0.25) is 0 Å². The third kappa shape index (κ3) is 9.91. The number of hydrogen-bond donors (Lipinski definition) is 0. The molecule has 0 bridgehead atoms. The summed E-state index contributed by atoms with van der Waals surface area (Å²) in [6.07, 6.45) is 3.55. The maximum absolute atomic E-state index is 12.8. The minimum absolute atomic E-state index is 0.352. The summed E-state index contributed by atoms with van der Waals surface area (Å²) in [6.45, 7) is 14.1. The molecule has 0 saturated carbocycles. The molecule has 0 saturated heterocycles. The fourth-order valence-electron chi connectivity index (χ4n) is 3.99. The van der Waals surface area contributed by atoms with Crippen molar-refractivity contribution in [1.82, 2.24) is 0 Å². The van der Waals surface area contributed by atoms with Gasteiger partial charge < -0.3 is 18.9 Å². The summed E-state index contributed by atoms with van der Waals surface area (Å²) in [7, 11) is 0. The first-order valence-corrected chi connectivity index (χ1v) is 14.1. The molecule has 222 valence electrons. The maximum Gasteiger partial charge on any atom is 0.343 e. The molecule has 0 radical (unpaired) electrons. The van der Waals surface area contributed by atoms with E-state index in [4.69, 9.17) is 18.9 Å². The Morgan fingerprint density at radius 1 is 0.714 bits per heavy atom. The number of benzene rings is 3. The summed E-state index contributed by atoms with van der Waals surface area (Å²) in [5.74, 6) is 0.134. The third-order valence-electron chi connectivity index (χ3n) is 6.44. The minimum atomic E-state index is -0.502. The van der Waals surface area contributed by atoms with E-state index in [1.54, 1.807) is 61.5 Å². The molecule has 0 aliphatic rings. The second kappa shape index (κ2) is 15.0. The standard InChI is InChI=1S/C35H40O7/c1-24(2)32(36)40-22-10-8-7-9-21-39-28-17-15-27(16-18-28)33(37)41-29-19-20-31(30(23-29)35(4,5)6)42-34(38)26-13-11-25(3)12-14-26/h11-20,23H,1,7-10,21-22H2,2-6H3. The molecular weight excluding hydrogens is 532 g/mol. The van der Waals surface area contributed by atoms with Crippen molar-refractivity contribution < 1.29 is 33.3 Å². The Bertz CT molecular complexity index is 1380. The molecule has 42 heavy (non-hydrogen) atoms. The van der Waals surface area contributed by atoms with E-state index in [0.717, 1.165) is 36.8 Å². The van der Waals surface area contributed by atoms with Gasteiger partial charge in [0, 0.05) is 11.1 Å². The quantitative estimate of drug-likeness (QED) is 0.0894. The molecule has 0 unspecified atom stereocenters. The maximum atomic E-state index is 12.8. The van der Waals surface area contributed by atoms with Crippen molar-refractivity contribution in [3.8, 4) is 17.2 Å². The minimum Gasteiger partial charge on any atom is -0.494 e. The van der Waals surface area contributed by atoms with Crippen molar-refractivity contribution in [3.05, 3.63) is 101 Å². The van der Waals surface area contributed by atoms with Crippen LogP contribution in [0.4, 0.5) is 0 Å². The number of rotatable bonds is 13. The molecule has 0 fully saturated rings. The van der Waals surface area contributed by atoms with Crippen LogP contribution in [-0.2, 0) is 14.9 Å². The average molecular weight is 573 g/mol. The third-order valence-corrected chi connectivity index (χ3v) is 6.44. The molecule has 0 atom stereocenters. The first kappa shape index (κ1) is 32.1. The lowest BCUT2D eigenvalue weighted by molar-refractivity contribution is -0.139. The summed E-state index contributed by atoms with van der Waals surface area (Å²) in [6, 6.07) is 19.0. The average Bonchev–Trinajstić information content (AvgIpc) is 2.95. The predicted molar refractivity (Wildman–Crippen MR) is 162 cm³/mol. The van der Waals surface area contributed by atoms with E-state index < -0.39 is 11.9 Å². The zero-order valence-electron chi connectivity index (χ0n) is 25.2. The zero-order chi connectivity index (χ0) is 30.7. The Morgan fingerprint density at radius 3 is 1.86 bits per heavy atom. The van der Waals surface area contributed by atoms with Crippen LogP contribution in [0.5, 0.6) is 17.2 Å². The summed E-state index contributed by atoms with van der Waals surface area (Å²) >= 11 is 0. The van der Waals surface area contributed by atoms with Gasteiger partial charge in [-0.2, -0.15) is 0 Å². The van der Waals surface area contributed by atoms with Crippen LogP contribution in [-0.4, -0.2) is 31.1 Å². The highest BCUT2D eigenvalue weighted by molar-refractivity contribution is 5.92. The molecular formula is C35H40O7. The van der Waals surface area contributed by atoms with Crippen molar-refractivity contribution >= 4 is 17.9 Å². The summed E-state index contributed by atoms with van der Waals surface area (Å²) < 4.78 is 22.2. The molecule has 7 heteroatoms. The van der Waals surface area contributed by atoms with Crippen molar-refractivity contribution in [3.63, 3.8) is 0 Å². The normalized spacial score (nSPS) is 11.0. The van der Waals surface area contributed by atoms with Gasteiger partial charge in [-0.05, 0) is 99.5 Å². The number of carbonyl (C=O) groups is 3. The zero-order valence-corrected chi connectivity index (χ0v) is 25.2. The van der Waals surface area contributed by atoms with E-state index in [1.165, 1.54) is 0 Å². The van der Waals surface area contributed by atoms with E-state index in [1.807, 2.05) is 39.8 Å². The Morgan fingerprint density at radius 2 is 1.26 bits per heavy atom. The largest absolute Gasteiger partial charge is 0.494 e. The van der Waals surface area contributed by atoms with Crippen LogP contribution < -0.4 is 14.2 Å². The van der Waals surface area contributed by atoms with Crippen molar-refractivity contribution in [2.45, 2.75) is 65.7 Å². The fraction of sp³-hybridized carbons (Fsp3) is 0.343. The number of esters is 3. The second-order valence-corrected chi connectivity index (χ2v) is 11.3. The summed E-state index contributed by atoms with van der Waals surface area (Å²) in [4.78, 5) is 36.9. The summed E-state index contributed by atoms with van der Waals surface area (Å²) in [5, 5.41) is 0. The van der Waals surface area contributed by atoms with Crippen LogP contribution in [0.1, 0.15) is 85.2 Å². The van der Waals surface area contributed by atoms with Crippen LogP contribution in [0, 0.1) is 6.92 Å². The molecule has 0 aliphatic heterocycles. The Balaban J connectivity index is 1.51. The molecule has 0 heterocycles. The van der Waals surface area contributed by atoms with Gasteiger partial charge in [0.05, 0.1) is 24.3 Å². The van der Waals surface area contributed by atoms with Crippen LogP contribution in [0.2, 0.25) is 0 Å². The molecule has 0 amide bonds. The molecule has 3 aromatic carbocycles. The van der Waals surface area contributed by atoms with Gasteiger partial charge in [0.15, 0.2) is 0 Å². The van der Waals surface area contributed by atoms with Crippen LogP contribution >= 0.6 is 0 Å². The highest BCUT2D eigenvalue weighted by atomic mass is 16.5. The van der Waals surface area contributed by atoms with Gasteiger partial charge in [-0.3, -0.25) is 0 Å². The van der Waals surface area contributed by atoms with Crippen LogP contribution in [0.15, 0.2) is 78.9 Å². The van der Waals surface area contributed by atoms with Crippen molar-refractivity contribution in [2.75, 3.05) is 13.2 Å². The van der Waals surface area contributed by atoms with Crippen LogP contribution in [0.3, 0.4) is 0 Å². The van der Waals surface area contributed by atoms with Gasteiger partial charge in [-0.1, -0.05) is 45.0 Å². The molecule has 3 aromatic rings. The number of aryl methyl sites for hydroxylation is 1. The molecule has 0 aromatic heterocycles. The Hall–Kier alpha value is -4.39. The lowest BCUT2D eigenvalue weighted by Gasteiger charge is -2.23. The van der Waals surface area contributed by atoms with Crippen molar-refractivity contribution in [2.24, 2.45) is 0 Å². The smallest absolute Gasteiger partial charge is 0.343 e. The van der Waals surface area contributed by atoms with Crippen LogP contribution in [0.25, 0.3) is 0 Å². The molecule has 0 aliphatic carbocycles. The Kier molecular flexibility index (Phi) is 11.5. The topological polar surface area (TPSA) is 88.1 Å². The molecule has 0 N–H and O–H groups in total. The van der Waals surface area contributed by atoms with E-state index in [9.17, 15) is 14.4 Å². The Labute approximate surface area is 248 Å². The summed E-state index contributed by atoms with van der Waals surface area (Å²) in [5.41, 5.74) is 2.68. The van der Waals surface area contributed by atoms with Gasteiger partial charge in [-0.25, -0.2) is 14.4 Å². The molecule has 0 spiro atoms. The SMILES string of the molecule is C=C(C)C(=O)OCCCCCCOc1ccc(C(=O)Oc2ccc(OC(=O)c3ccc(C)cc3)c(C(C)(C)C)c2)cc1. The molecule has 7 nitrogen and oxygen atoms in total. The lowest BCUT2D eigenvalue weighted by Crippen LogP contribution is -2.17. The first-order valence-electron chi connectivity index (χ1n) is 14.1. The van der Waals surface area contributed by atoms with Gasteiger partial charge in [0.25, 0.3) is 0 Å². The first-order chi connectivity index (χ1) is 19.9. The van der Waals surface area contributed by atoms with E-state index in [2.05, 4.69) is 6.58 Å². The number of hydrogen-bond acceptors (Lipinski definition) is 7. The van der Waals surface area contributed by atoms with Gasteiger partial charge in [0.1, 0.15) is 17.2 Å². The highest BCUT2D eigenvalue weighted by Gasteiger charge is 2.23. The van der Waals surface area contributed by atoms with Crippen molar-refractivity contribution in [1.29, 1.82) is 0 Å². The fourth-order valence-corrected chi connectivity index (χ4v) is 3.99. The number of ether oxygens (including phenoxy) is 4. The van der Waals surface area contributed by atoms with E-state index in [0.29, 0.717) is 47.2 Å². The number of unbranched alkanes of at least 4 members (excludes halogenated alkanes) is 3. The van der Waals surface area contributed by atoms with Gasteiger partial charge >= 0.3 is 17.9 Å². The van der Waals surface area contributed by atoms with Gasteiger partial charge in [-0.15, -0.1) is 0 Å². The number of carbonyl (C=O) groups excluding carboxylic acids is 3. The van der Waals surface area contributed by atoms with E-state index in [-0.39, 0.29) is 11.4 Å². The predicted octanol–water partition coefficient (Wildman–Crippen LogP) is 7.79. The lowest BCUT2D eigenvalue weighted by atomic mass is 9.86. The molecule has 3 rings (SSSR count). The highest BCUT2D eigenvalue weighted by Crippen LogP contribution is 2.35. The van der Waals surface area contributed by atoms with E-state index >= 15 is 0 Å². The second-order valence-electron chi connectivity index (χ2n) is 11.3. The monoisotopic (exact) mass is 572 g/mol.